The van der Waals surface area contributed by atoms with Crippen LogP contribution >= 0.6 is 0 Å². The second kappa shape index (κ2) is 7.98. The smallest absolute Gasteiger partial charge is 0.273 e. The molecule has 7 nitrogen and oxygen atoms in total. The Morgan fingerprint density at radius 1 is 1.17 bits per heavy atom. The van der Waals surface area contributed by atoms with E-state index in [0.29, 0.717) is 16.9 Å². The van der Waals surface area contributed by atoms with Gasteiger partial charge in [-0.2, -0.15) is 5.10 Å². The van der Waals surface area contributed by atoms with Gasteiger partial charge < -0.3 is 19.7 Å². The van der Waals surface area contributed by atoms with Crippen molar-refractivity contribution in [3.05, 3.63) is 53.6 Å². The molecule has 24 heavy (non-hydrogen) atoms. The van der Waals surface area contributed by atoms with Crippen molar-refractivity contribution in [2.24, 2.45) is 5.10 Å². The van der Waals surface area contributed by atoms with Crippen molar-refractivity contribution in [1.29, 1.82) is 0 Å². The first-order chi connectivity index (χ1) is 11.5. The largest absolute Gasteiger partial charge is 0.508 e. The molecule has 0 aliphatic carbocycles. The van der Waals surface area contributed by atoms with Crippen LogP contribution in [0.25, 0.3) is 0 Å². The number of benzene rings is 2. The van der Waals surface area contributed by atoms with Crippen LogP contribution in [0.15, 0.2) is 47.6 Å². The van der Waals surface area contributed by atoms with Crippen LogP contribution < -0.4 is 10.2 Å². The third kappa shape index (κ3) is 4.23. The van der Waals surface area contributed by atoms with Crippen molar-refractivity contribution in [2.75, 3.05) is 14.2 Å². The fourth-order valence-corrected chi connectivity index (χ4v) is 2.06. The van der Waals surface area contributed by atoms with Gasteiger partial charge in [0.05, 0.1) is 13.3 Å². The topological polar surface area (TPSA) is 100 Å². The molecule has 0 heterocycles. The maximum Gasteiger partial charge on any atom is 0.273 e. The van der Waals surface area contributed by atoms with Gasteiger partial charge in [0.1, 0.15) is 5.75 Å². The molecule has 0 spiro atoms. The Morgan fingerprint density at radius 2 is 1.88 bits per heavy atom. The number of ether oxygens (including phenoxy) is 2. The fraction of sp³-hybridized carbons (Fsp3) is 0.176. The Hall–Kier alpha value is -3.06. The molecule has 0 fully saturated rings. The summed E-state index contributed by atoms with van der Waals surface area (Å²) in [6.45, 7) is 0. The summed E-state index contributed by atoms with van der Waals surface area (Å²) < 4.78 is 10.1. The van der Waals surface area contributed by atoms with E-state index in [4.69, 9.17) is 9.47 Å². The Balaban J connectivity index is 2.02. The van der Waals surface area contributed by atoms with E-state index < -0.39 is 12.0 Å². The van der Waals surface area contributed by atoms with Crippen molar-refractivity contribution >= 4 is 12.1 Å². The molecule has 0 saturated heterocycles. The molecule has 0 aliphatic rings. The second-order valence-electron chi connectivity index (χ2n) is 4.87. The third-order valence-electron chi connectivity index (χ3n) is 3.26. The van der Waals surface area contributed by atoms with Gasteiger partial charge in [-0.25, -0.2) is 5.43 Å². The highest BCUT2D eigenvalue weighted by Gasteiger charge is 2.19. The first-order valence-corrected chi connectivity index (χ1v) is 7.06. The summed E-state index contributed by atoms with van der Waals surface area (Å²) in [6, 6.07) is 10.9. The predicted octanol–water partition coefficient (Wildman–Crippen LogP) is 1.94. The van der Waals surface area contributed by atoms with E-state index in [0.717, 1.165) is 0 Å². The lowest BCUT2D eigenvalue weighted by atomic mass is 10.1. The van der Waals surface area contributed by atoms with Crippen molar-refractivity contribution < 1.29 is 24.5 Å². The van der Waals surface area contributed by atoms with Crippen LogP contribution in [0.3, 0.4) is 0 Å². The standard InChI is InChI=1S/C17H18N2O5/c1-23-15-8-3-11(9-14(15)21)10-18-19-17(22)16(24-2)12-4-6-13(20)7-5-12/h3-10,16,20-21H,1-2H3,(H,19,22)/b18-10+. The van der Waals surface area contributed by atoms with Crippen LogP contribution in [-0.4, -0.2) is 36.6 Å². The molecular weight excluding hydrogens is 312 g/mol. The molecule has 3 N–H and O–H groups in total. The van der Waals surface area contributed by atoms with E-state index in [-0.39, 0.29) is 11.5 Å². The van der Waals surface area contributed by atoms with Crippen molar-refractivity contribution in [1.82, 2.24) is 5.43 Å². The number of nitrogens with one attached hydrogen (secondary N) is 1. The van der Waals surface area contributed by atoms with Gasteiger partial charge in [0.25, 0.3) is 5.91 Å². The van der Waals surface area contributed by atoms with Crippen LogP contribution in [0.5, 0.6) is 17.2 Å². The van der Waals surface area contributed by atoms with Gasteiger partial charge in [0.15, 0.2) is 17.6 Å². The molecule has 1 unspecified atom stereocenters. The number of nitrogens with zero attached hydrogens (tertiary/aromatic N) is 1. The number of hydrazone groups is 1. The number of hydrogen-bond donors (Lipinski definition) is 3. The highest BCUT2D eigenvalue weighted by molar-refractivity contribution is 5.85. The van der Waals surface area contributed by atoms with Crippen LogP contribution in [0.2, 0.25) is 0 Å². The first-order valence-electron chi connectivity index (χ1n) is 7.06. The van der Waals surface area contributed by atoms with E-state index >= 15 is 0 Å². The summed E-state index contributed by atoms with van der Waals surface area (Å²) in [4.78, 5) is 12.1. The minimum Gasteiger partial charge on any atom is -0.508 e. The summed E-state index contributed by atoms with van der Waals surface area (Å²) in [5.74, 6) is -0.0295. The fourth-order valence-electron chi connectivity index (χ4n) is 2.06. The molecule has 2 aromatic carbocycles. The normalized spacial score (nSPS) is 12.1. The summed E-state index contributed by atoms with van der Waals surface area (Å²) >= 11 is 0. The van der Waals surface area contributed by atoms with Crippen molar-refractivity contribution in [3.63, 3.8) is 0 Å². The Morgan fingerprint density at radius 3 is 2.46 bits per heavy atom. The molecule has 2 rings (SSSR count). The SMILES string of the molecule is COc1ccc(/C=N/NC(=O)C(OC)c2ccc(O)cc2)cc1O. The Labute approximate surface area is 139 Å². The highest BCUT2D eigenvalue weighted by Crippen LogP contribution is 2.25. The van der Waals surface area contributed by atoms with Gasteiger partial charge >= 0.3 is 0 Å². The predicted molar refractivity (Wildman–Crippen MR) is 88.3 cm³/mol. The van der Waals surface area contributed by atoms with E-state index in [1.165, 1.54) is 38.6 Å². The molecule has 0 aliphatic heterocycles. The number of methoxy groups -OCH3 is 2. The van der Waals surface area contributed by atoms with Gasteiger partial charge in [-0.3, -0.25) is 4.79 Å². The summed E-state index contributed by atoms with van der Waals surface area (Å²) in [7, 11) is 2.86. The molecule has 0 radical (unpaired) electrons. The first kappa shape index (κ1) is 17.3. The van der Waals surface area contributed by atoms with Gasteiger partial charge in [0.2, 0.25) is 0 Å². The van der Waals surface area contributed by atoms with Crippen molar-refractivity contribution in [2.45, 2.75) is 6.10 Å². The lowest BCUT2D eigenvalue weighted by Gasteiger charge is -2.13. The number of carbonyl (C=O) groups is 1. The Bertz CT molecular complexity index is 728. The molecule has 2 aromatic rings. The van der Waals surface area contributed by atoms with Gasteiger partial charge in [-0.05, 0) is 41.5 Å². The minimum absolute atomic E-state index is 0.0216. The second-order valence-corrected chi connectivity index (χ2v) is 4.87. The molecule has 126 valence electrons. The monoisotopic (exact) mass is 330 g/mol. The molecule has 0 aromatic heterocycles. The summed E-state index contributed by atoms with van der Waals surface area (Å²) in [5.41, 5.74) is 3.55. The summed E-state index contributed by atoms with van der Waals surface area (Å²) in [6.07, 6.45) is 0.535. The van der Waals surface area contributed by atoms with E-state index in [1.54, 1.807) is 24.3 Å². The van der Waals surface area contributed by atoms with Gasteiger partial charge in [-0.15, -0.1) is 0 Å². The zero-order valence-electron chi connectivity index (χ0n) is 13.3. The number of rotatable bonds is 6. The number of phenolic OH excluding ortho intramolecular Hbond substituents is 2. The summed E-state index contributed by atoms with van der Waals surface area (Å²) in [5, 5.41) is 22.8. The van der Waals surface area contributed by atoms with Crippen LogP contribution in [-0.2, 0) is 9.53 Å². The number of aromatic hydroxyl groups is 2. The van der Waals surface area contributed by atoms with E-state index in [1.807, 2.05) is 0 Å². The van der Waals surface area contributed by atoms with Gasteiger partial charge in [-0.1, -0.05) is 12.1 Å². The minimum atomic E-state index is -0.855. The average Bonchev–Trinajstić information content (AvgIpc) is 2.57. The quantitative estimate of drug-likeness (QED) is 0.555. The van der Waals surface area contributed by atoms with E-state index in [9.17, 15) is 15.0 Å². The lowest BCUT2D eigenvalue weighted by molar-refractivity contribution is -0.131. The maximum atomic E-state index is 12.1. The molecule has 0 bridgehead atoms. The number of phenols is 2. The van der Waals surface area contributed by atoms with Crippen molar-refractivity contribution in [3.8, 4) is 17.2 Å². The van der Waals surface area contributed by atoms with E-state index in [2.05, 4.69) is 10.5 Å². The zero-order chi connectivity index (χ0) is 17.5. The third-order valence-corrected chi connectivity index (χ3v) is 3.26. The molecule has 1 atom stereocenters. The lowest BCUT2D eigenvalue weighted by Crippen LogP contribution is -2.26. The number of amides is 1. The Kier molecular flexibility index (Phi) is 5.75. The maximum absolute atomic E-state index is 12.1. The molecule has 1 amide bonds. The molecule has 7 heteroatoms. The highest BCUT2D eigenvalue weighted by atomic mass is 16.5. The van der Waals surface area contributed by atoms with Crippen LogP contribution in [0.1, 0.15) is 17.2 Å². The zero-order valence-corrected chi connectivity index (χ0v) is 13.3. The van der Waals surface area contributed by atoms with Crippen LogP contribution in [0, 0.1) is 0 Å². The number of carbonyl (C=O) groups excluding carboxylic acids is 1. The average molecular weight is 330 g/mol. The molecular formula is C17H18N2O5. The molecule has 0 saturated carbocycles. The van der Waals surface area contributed by atoms with Crippen LogP contribution in [0.4, 0.5) is 0 Å². The van der Waals surface area contributed by atoms with Gasteiger partial charge in [0, 0.05) is 7.11 Å². The number of hydrogen-bond acceptors (Lipinski definition) is 6.